The van der Waals surface area contributed by atoms with E-state index >= 15 is 0 Å². The van der Waals surface area contributed by atoms with E-state index in [4.69, 9.17) is 4.74 Å². The third-order valence-corrected chi connectivity index (χ3v) is 7.17. The maximum atomic E-state index is 12.3. The lowest BCUT2D eigenvalue weighted by atomic mass is 9.92. The molecule has 2 aromatic carbocycles. The molecule has 0 atom stereocenters. The zero-order chi connectivity index (χ0) is 23.8. The molecule has 2 amide bonds. The number of aromatic amines is 1. The number of amides is 2. The predicted octanol–water partition coefficient (Wildman–Crippen LogP) is 5.29. The Morgan fingerprint density at radius 2 is 1.91 bits per heavy atom. The van der Waals surface area contributed by atoms with Crippen molar-refractivity contribution in [1.29, 1.82) is 0 Å². The number of anilines is 1. The minimum absolute atomic E-state index is 0.150. The Bertz CT molecular complexity index is 1340. The van der Waals surface area contributed by atoms with E-state index in [1.807, 2.05) is 25.1 Å². The second kappa shape index (κ2) is 9.05. The number of H-pyrrole nitrogens is 1. The van der Waals surface area contributed by atoms with Crippen molar-refractivity contribution in [3.63, 3.8) is 0 Å². The third-order valence-electron chi connectivity index (χ3n) is 7.17. The highest BCUT2D eigenvalue weighted by Crippen LogP contribution is 2.46. The Hall–Kier alpha value is -3.88. The Kier molecular flexibility index (Phi) is 5.60. The van der Waals surface area contributed by atoms with Gasteiger partial charge in [0.2, 0.25) is 0 Å². The van der Waals surface area contributed by atoms with Gasteiger partial charge in [-0.15, -0.1) is 5.10 Å². The first-order valence-corrected chi connectivity index (χ1v) is 12.4. The molecule has 2 aliphatic carbocycles. The van der Waals surface area contributed by atoms with Gasteiger partial charge in [0.1, 0.15) is 5.75 Å². The average Bonchev–Trinajstić information content (AvgIpc) is 3.43. The topological polar surface area (TPSA) is 110 Å². The van der Waals surface area contributed by atoms with Gasteiger partial charge < -0.3 is 19.9 Å². The second-order valence-electron chi connectivity index (χ2n) is 9.34. The van der Waals surface area contributed by atoms with Crippen molar-refractivity contribution in [2.75, 3.05) is 11.9 Å². The van der Waals surface area contributed by atoms with E-state index in [0.717, 1.165) is 64.8 Å². The number of fused-ring (bicyclic) bond motifs is 1. The monoisotopic (exact) mass is 471 g/mol. The molecule has 0 spiro atoms. The fourth-order valence-electron chi connectivity index (χ4n) is 4.98. The molecule has 2 aliphatic rings. The number of ether oxygens (including phenoxy) is 1. The van der Waals surface area contributed by atoms with Crippen molar-refractivity contribution < 1.29 is 9.53 Å². The molecule has 2 heterocycles. The number of nitrogens with zero attached hydrogens (tertiary/aromatic N) is 4. The van der Waals surface area contributed by atoms with E-state index in [9.17, 15) is 4.79 Å². The number of rotatable bonds is 7. The lowest BCUT2D eigenvalue weighted by Gasteiger charge is -2.30. The maximum absolute atomic E-state index is 12.3. The number of urea groups is 1. The first kappa shape index (κ1) is 21.6. The van der Waals surface area contributed by atoms with E-state index in [-0.39, 0.29) is 6.03 Å². The zero-order valence-electron chi connectivity index (χ0n) is 19.8. The average molecular weight is 472 g/mol. The van der Waals surface area contributed by atoms with Gasteiger partial charge in [0.05, 0.1) is 23.4 Å². The number of hydrogen-bond acceptors (Lipinski definition) is 5. The number of carbonyl (C=O) groups is 1. The number of nitrogens with one attached hydrogen (secondary N) is 3. The molecular formula is C26H29N7O2. The molecular weight excluding hydrogens is 442 g/mol. The molecule has 9 heteroatoms. The molecule has 0 saturated heterocycles. The molecule has 4 aromatic rings. The normalized spacial score (nSPS) is 16.0. The highest BCUT2D eigenvalue weighted by atomic mass is 16.5. The van der Waals surface area contributed by atoms with E-state index in [0.29, 0.717) is 24.5 Å². The van der Waals surface area contributed by atoms with Crippen molar-refractivity contribution in [1.82, 2.24) is 30.5 Å². The highest BCUT2D eigenvalue weighted by molar-refractivity contribution is 6.04. The van der Waals surface area contributed by atoms with Crippen molar-refractivity contribution in [2.45, 2.75) is 57.5 Å². The van der Waals surface area contributed by atoms with Crippen LogP contribution >= 0.6 is 0 Å². The van der Waals surface area contributed by atoms with Crippen LogP contribution < -0.4 is 15.4 Å². The van der Waals surface area contributed by atoms with Gasteiger partial charge in [-0.3, -0.25) is 0 Å². The van der Waals surface area contributed by atoms with Crippen LogP contribution in [0.25, 0.3) is 33.5 Å². The molecule has 2 saturated carbocycles. The molecule has 6 rings (SSSR count). The van der Waals surface area contributed by atoms with Crippen LogP contribution in [-0.4, -0.2) is 43.9 Å². The summed E-state index contributed by atoms with van der Waals surface area (Å²) in [7, 11) is 0. The SMILES string of the molecule is CCOc1ccc2c(-c3nnn[nH]3)c(-c3ccc(NC(=O)NC4CCC4)cc3)n(C3CCC3)c2c1. The summed E-state index contributed by atoms with van der Waals surface area (Å²) >= 11 is 0. The highest BCUT2D eigenvalue weighted by Gasteiger charge is 2.29. The van der Waals surface area contributed by atoms with Crippen LogP contribution in [0.3, 0.4) is 0 Å². The molecule has 0 bridgehead atoms. The van der Waals surface area contributed by atoms with Gasteiger partial charge in [-0.1, -0.05) is 12.1 Å². The fraction of sp³-hybridized carbons (Fsp3) is 0.385. The van der Waals surface area contributed by atoms with Crippen molar-refractivity contribution in [2.24, 2.45) is 0 Å². The van der Waals surface area contributed by atoms with Crippen LogP contribution in [0.2, 0.25) is 0 Å². The largest absolute Gasteiger partial charge is 0.494 e. The Labute approximate surface area is 203 Å². The number of carbonyl (C=O) groups excluding carboxylic acids is 1. The minimum Gasteiger partial charge on any atom is -0.494 e. The maximum Gasteiger partial charge on any atom is 0.319 e. The lowest BCUT2D eigenvalue weighted by Crippen LogP contribution is -2.41. The van der Waals surface area contributed by atoms with Gasteiger partial charge in [-0.25, -0.2) is 9.89 Å². The van der Waals surface area contributed by atoms with Gasteiger partial charge >= 0.3 is 6.03 Å². The summed E-state index contributed by atoms with van der Waals surface area (Å²) in [6.07, 6.45) is 6.77. The van der Waals surface area contributed by atoms with Gasteiger partial charge in [0.15, 0.2) is 5.82 Å². The van der Waals surface area contributed by atoms with Gasteiger partial charge in [0.25, 0.3) is 0 Å². The quantitative estimate of drug-likeness (QED) is 0.339. The van der Waals surface area contributed by atoms with Crippen LogP contribution in [0.15, 0.2) is 42.5 Å². The number of hydrogen-bond donors (Lipinski definition) is 3. The summed E-state index contributed by atoms with van der Waals surface area (Å²) in [6, 6.07) is 14.8. The van der Waals surface area contributed by atoms with Crippen LogP contribution in [-0.2, 0) is 0 Å². The summed E-state index contributed by atoms with van der Waals surface area (Å²) in [4.78, 5) is 12.3. The molecule has 0 aliphatic heterocycles. The van der Waals surface area contributed by atoms with Crippen LogP contribution in [0.1, 0.15) is 51.5 Å². The van der Waals surface area contributed by atoms with E-state index < -0.39 is 0 Å². The van der Waals surface area contributed by atoms with Gasteiger partial charge in [0, 0.05) is 29.2 Å². The molecule has 180 valence electrons. The molecule has 0 unspecified atom stereocenters. The summed E-state index contributed by atoms with van der Waals surface area (Å²) < 4.78 is 8.25. The van der Waals surface area contributed by atoms with Gasteiger partial charge in [-0.05, 0) is 85.7 Å². The number of aromatic nitrogens is 5. The number of tetrazole rings is 1. The zero-order valence-corrected chi connectivity index (χ0v) is 19.8. The molecule has 2 fully saturated rings. The minimum atomic E-state index is -0.150. The Morgan fingerprint density at radius 1 is 1.11 bits per heavy atom. The van der Waals surface area contributed by atoms with E-state index in [2.05, 4.69) is 60.1 Å². The molecule has 3 N–H and O–H groups in total. The van der Waals surface area contributed by atoms with Crippen molar-refractivity contribution in [3.05, 3.63) is 42.5 Å². The number of benzene rings is 2. The first-order valence-electron chi connectivity index (χ1n) is 12.4. The summed E-state index contributed by atoms with van der Waals surface area (Å²) in [5, 5.41) is 22.0. The van der Waals surface area contributed by atoms with E-state index in [1.54, 1.807) is 0 Å². The molecule has 0 radical (unpaired) electrons. The van der Waals surface area contributed by atoms with Crippen molar-refractivity contribution >= 4 is 22.6 Å². The molecule has 9 nitrogen and oxygen atoms in total. The van der Waals surface area contributed by atoms with Crippen LogP contribution in [0.4, 0.5) is 10.5 Å². The summed E-state index contributed by atoms with van der Waals surface area (Å²) in [5.74, 6) is 1.48. The van der Waals surface area contributed by atoms with Gasteiger partial charge in [-0.2, -0.15) is 0 Å². The van der Waals surface area contributed by atoms with E-state index in [1.165, 1.54) is 12.8 Å². The van der Waals surface area contributed by atoms with Crippen molar-refractivity contribution in [3.8, 4) is 28.4 Å². The smallest absolute Gasteiger partial charge is 0.319 e. The predicted molar refractivity (Wildman–Crippen MR) is 134 cm³/mol. The fourth-order valence-corrected chi connectivity index (χ4v) is 4.98. The lowest BCUT2D eigenvalue weighted by molar-refractivity contribution is 0.240. The first-order chi connectivity index (χ1) is 17.2. The van der Waals surface area contributed by atoms with Crippen LogP contribution in [0, 0.1) is 0 Å². The summed E-state index contributed by atoms with van der Waals surface area (Å²) in [6.45, 7) is 2.61. The molecule has 2 aromatic heterocycles. The second-order valence-corrected chi connectivity index (χ2v) is 9.34. The molecule has 35 heavy (non-hydrogen) atoms. The Balaban J connectivity index is 1.43. The third kappa shape index (κ3) is 4.00. The Morgan fingerprint density at radius 3 is 2.54 bits per heavy atom. The van der Waals surface area contributed by atoms with Crippen LogP contribution in [0.5, 0.6) is 5.75 Å². The standard InChI is InChI=1S/C26H29N7O2/c1-2-35-20-13-14-21-22(15-20)33(19-7-4-8-19)24(23(21)25-29-31-32-30-25)16-9-11-18(12-10-16)28-26(34)27-17-5-3-6-17/h9-15,17,19H,2-8H2,1H3,(H2,27,28,34)(H,29,30,31,32). The summed E-state index contributed by atoms with van der Waals surface area (Å²) in [5.41, 5.74) is 4.97.